The minimum atomic E-state index is 0.732. The number of rotatable bonds is 7. The first-order valence-electron chi connectivity index (χ1n) is 7.38. The molecule has 0 spiro atoms. The maximum Gasteiger partial charge on any atom is 0.0659 e. The third-order valence-corrected chi connectivity index (χ3v) is 3.47. The Morgan fingerprint density at radius 3 is 2.52 bits per heavy atom. The highest BCUT2D eigenvalue weighted by atomic mass is 16.5. The predicted molar refractivity (Wildman–Crippen MR) is 85.6 cm³/mol. The van der Waals surface area contributed by atoms with E-state index in [0.717, 1.165) is 31.9 Å². The molecule has 0 amide bonds. The molecule has 21 heavy (non-hydrogen) atoms. The van der Waals surface area contributed by atoms with Crippen LogP contribution in [0.4, 0.5) is 0 Å². The van der Waals surface area contributed by atoms with E-state index in [9.17, 15) is 0 Å². The van der Waals surface area contributed by atoms with Gasteiger partial charge in [0.2, 0.25) is 0 Å². The molecule has 0 aliphatic carbocycles. The molecule has 1 N–H and O–H groups in total. The molecule has 0 radical (unpaired) electrons. The fourth-order valence-corrected chi connectivity index (χ4v) is 2.56. The minimum Gasteiger partial charge on any atom is -0.383 e. The molecule has 0 bridgehead atoms. The molecule has 2 rings (SSSR count). The second kappa shape index (κ2) is 7.38. The zero-order valence-corrected chi connectivity index (χ0v) is 13.4. The van der Waals surface area contributed by atoms with Gasteiger partial charge in [0, 0.05) is 32.0 Å². The van der Waals surface area contributed by atoms with Crippen LogP contribution in [0.15, 0.2) is 24.4 Å². The van der Waals surface area contributed by atoms with Gasteiger partial charge in [-0.2, -0.15) is 5.10 Å². The van der Waals surface area contributed by atoms with Gasteiger partial charge in [0.05, 0.1) is 18.8 Å². The third-order valence-electron chi connectivity index (χ3n) is 3.47. The van der Waals surface area contributed by atoms with Gasteiger partial charge in [-0.15, -0.1) is 0 Å². The highest BCUT2D eigenvalue weighted by Crippen LogP contribution is 2.12. The lowest BCUT2D eigenvalue weighted by molar-refractivity contribution is 0.199. The zero-order chi connectivity index (χ0) is 15.2. The van der Waals surface area contributed by atoms with Gasteiger partial charge in [0.15, 0.2) is 0 Å². The topological polar surface area (TPSA) is 39.1 Å². The maximum atomic E-state index is 5.03. The summed E-state index contributed by atoms with van der Waals surface area (Å²) in [5.74, 6) is 0. The van der Waals surface area contributed by atoms with E-state index in [-0.39, 0.29) is 0 Å². The van der Waals surface area contributed by atoms with Crippen molar-refractivity contribution in [2.75, 3.05) is 20.3 Å². The highest BCUT2D eigenvalue weighted by molar-refractivity contribution is 5.29. The summed E-state index contributed by atoms with van der Waals surface area (Å²) in [4.78, 5) is 0. The SMILES string of the molecule is COCCNCc1cn(Cc2cc(C)cc(C)c2)nc1C. The first-order chi connectivity index (χ1) is 10.1. The molecular formula is C17H25N3O. The average molecular weight is 287 g/mol. The van der Waals surface area contributed by atoms with E-state index in [1.807, 2.05) is 4.68 Å². The molecule has 1 aromatic carbocycles. The lowest BCUT2D eigenvalue weighted by Gasteiger charge is -2.05. The number of hydrogen-bond donors (Lipinski definition) is 1. The van der Waals surface area contributed by atoms with Crippen LogP contribution in [0.25, 0.3) is 0 Å². The molecule has 0 aliphatic heterocycles. The highest BCUT2D eigenvalue weighted by Gasteiger charge is 2.05. The van der Waals surface area contributed by atoms with E-state index >= 15 is 0 Å². The minimum absolute atomic E-state index is 0.732. The zero-order valence-electron chi connectivity index (χ0n) is 13.4. The normalized spacial score (nSPS) is 11.0. The lowest BCUT2D eigenvalue weighted by Crippen LogP contribution is -2.18. The van der Waals surface area contributed by atoms with E-state index in [1.54, 1.807) is 7.11 Å². The molecule has 1 aromatic heterocycles. The predicted octanol–water partition coefficient (Wildman–Crippen LogP) is 2.59. The lowest BCUT2D eigenvalue weighted by atomic mass is 10.1. The van der Waals surface area contributed by atoms with Crippen molar-refractivity contribution in [3.8, 4) is 0 Å². The van der Waals surface area contributed by atoms with Crippen LogP contribution < -0.4 is 5.32 Å². The smallest absolute Gasteiger partial charge is 0.0659 e. The Labute approximate surface area is 127 Å². The van der Waals surface area contributed by atoms with Gasteiger partial charge < -0.3 is 10.1 Å². The van der Waals surface area contributed by atoms with Crippen LogP contribution in [0.2, 0.25) is 0 Å². The van der Waals surface area contributed by atoms with Crippen LogP contribution in [-0.4, -0.2) is 30.0 Å². The van der Waals surface area contributed by atoms with Crippen molar-refractivity contribution in [3.05, 3.63) is 52.3 Å². The van der Waals surface area contributed by atoms with Crippen LogP contribution in [0, 0.1) is 20.8 Å². The molecule has 0 saturated carbocycles. The van der Waals surface area contributed by atoms with Crippen molar-refractivity contribution < 1.29 is 4.74 Å². The summed E-state index contributed by atoms with van der Waals surface area (Å²) < 4.78 is 7.06. The van der Waals surface area contributed by atoms with Gasteiger partial charge in [-0.05, 0) is 26.3 Å². The Morgan fingerprint density at radius 2 is 1.86 bits per heavy atom. The monoisotopic (exact) mass is 287 g/mol. The number of aromatic nitrogens is 2. The number of nitrogens with one attached hydrogen (secondary N) is 1. The average Bonchev–Trinajstić information content (AvgIpc) is 2.73. The van der Waals surface area contributed by atoms with E-state index in [0.29, 0.717) is 0 Å². The molecule has 4 nitrogen and oxygen atoms in total. The van der Waals surface area contributed by atoms with E-state index in [2.05, 4.69) is 55.6 Å². The Kier molecular flexibility index (Phi) is 5.53. The Balaban J connectivity index is 2.01. The number of nitrogens with zero attached hydrogens (tertiary/aromatic N) is 2. The molecule has 0 unspecified atom stereocenters. The summed E-state index contributed by atoms with van der Waals surface area (Å²) >= 11 is 0. The van der Waals surface area contributed by atoms with E-state index in [1.165, 1.54) is 22.3 Å². The van der Waals surface area contributed by atoms with Crippen LogP contribution >= 0.6 is 0 Å². The molecule has 0 fully saturated rings. The maximum absolute atomic E-state index is 5.03. The quantitative estimate of drug-likeness (QED) is 0.796. The largest absolute Gasteiger partial charge is 0.383 e. The second-order valence-electron chi connectivity index (χ2n) is 5.60. The molecule has 0 saturated heterocycles. The van der Waals surface area contributed by atoms with E-state index < -0.39 is 0 Å². The van der Waals surface area contributed by atoms with E-state index in [4.69, 9.17) is 4.74 Å². The van der Waals surface area contributed by atoms with Gasteiger partial charge in [0.1, 0.15) is 0 Å². The van der Waals surface area contributed by atoms with Gasteiger partial charge in [-0.3, -0.25) is 4.68 Å². The number of benzene rings is 1. The summed E-state index contributed by atoms with van der Waals surface area (Å²) in [6, 6.07) is 6.64. The fraction of sp³-hybridized carbons (Fsp3) is 0.471. The van der Waals surface area contributed by atoms with Gasteiger partial charge in [-0.1, -0.05) is 29.3 Å². The third kappa shape index (κ3) is 4.69. The fourth-order valence-electron chi connectivity index (χ4n) is 2.56. The number of aryl methyl sites for hydroxylation is 3. The number of hydrogen-bond acceptors (Lipinski definition) is 3. The molecule has 4 heteroatoms. The van der Waals surface area contributed by atoms with Crippen molar-refractivity contribution in [3.63, 3.8) is 0 Å². The first kappa shape index (κ1) is 15.7. The summed E-state index contributed by atoms with van der Waals surface area (Å²) in [6.45, 7) is 9.58. The van der Waals surface area contributed by atoms with Crippen molar-refractivity contribution in [2.45, 2.75) is 33.9 Å². The molecule has 2 aromatic rings. The molecule has 114 valence electrons. The Hall–Kier alpha value is -1.65. The van der Waals surface area contributed by atoms with Gasteiger partial charge >= 0.3 is 0 Å². The molecule has 1 heterocycles. The van der Waals surface area contributed by atoms with Crippen molar-refractivity contribution in [1.82, 2.24) is 15.1 Å². The van der Waals surface area contributed by atoms with Gasteiger partial charge in [0.25, 0.3) is 0 Å². The second-order valence-corrected chi connectivity index (χ2v) is 5.60. The van der Waals surface area contributed by atoms with Crippen molar-refractivity contribution in [2.24, 2.45) is 0 Å². The van der Waals surface area contributed by atoms with Crippen LogP contribution in [0.1, 0.15) is 27.9 Å². The summed E-state index contributed by atoms with van der Waals surface area (Å²) in [5.41, 5.74) is 6.24. The summed E-state index contributed by atoms with van der Waals surface area (Å²) in [7, 11) is 1.72. The van der Waals surface area contributed by atoms with Crippen LogP contribution in [-0.2, 0) is 17.8 Å². The van der Waals surface area contributed by atoms with Crippen molar-refractivity contribution >= 4 is 0 Å². The molecule has 0 aliphatic rings. The van der Waals surface area contributed by atoms with Crippen molar-refractivity contribution in [1.29, 1.82) is 0 Å². The summed E-state index contributed by atoms with van der Waals surface area (Å²) in [6.07, 6.45) is 2.13. The molecular weight excluding hydrogens is 262 g/mol. The van der Waals surface area contributed by atoms with Crippen LogP contribution in [0.5, 0.6) is 0 Å². The Bertz CT molecular complexity index is 569. The standard InChI is InChI=1S/C17H25N3O/c1-13-7-14(2)9-16(8-13)11-20-12-17(15(3)19-20)10-18-5-6-21-4/h7-9,12,18H,5-6,10-11H2,1-4H3. The Morgan fingerprint density at radius 1 is 1.14 bits per heavy atom. The first-order valence-corrected chi connectivity index (χ1v) is 7.38. The van der Waals surface area contributed by atoms with Crippen LogP contribution in [0.3, 0.4) is 0 Å². The molecule has 0 atom stereocenters. The summed E-state index contributed by atoms with van der Waals surface area (Å²) in [5, 5.41) is 7.97. The number of methoxy groups -OCH3 is 1. The number of ether oxygens (including phenoxy) is 1. The van der Waals surface area contributed by atoms with Gasteiger partial charge in [-0.25, -0.2) is 0 Å².